The van der Waals surface area contributed by atoms with Crippen molar-refractivity contribution in [1.29, 1.82) is 0 Å². The number of aromatic nitrogens is 2. The summed E-state index contributed by atoms with van der Waals surface area (Å²) in [6.07, 6.45) is 0. The van der Waals surface area contributed by atoms with Gasteiger partial charge in [0.1, 0.15) is 5.75 Å². The number of rotatable bonds is 3. The first-order valence-electron chi connectivity index (χ1n) is 6.26. The molecule has 108 valence electrons. The molecule has 1 aromatic carbocycles. The van der Waals surface area contributed by atoms with E-state index in [4.69, 9.17) is 26.6 Å². The molecule has 0 saturated carbocycles. The topological polar surface area (TPSA) is 74.2 Å². The third kappa shape index (κ3) is 2.78. The van der Waals surface area contributed by atoms with Crippen LogP contribution in [0.5, 0.6) is 5.75 Å². The molecule has 2 aromatic rings. The molecule has 1 unspecified atom stereocenters. The van der Waals surface area contributed by atoms with E-state index in [1.165, 1.54) is 0 Å². The lowest BCUT2D eigenvalue weighted by Crippen LogP contribution is -2.16. The Morgan fingerprint density at radius 1 is 1.35 bits per heavy atom. The van der Waals surface area contributed by atoms with Crippen LogP contribution >= 0.6 is 11.6 Å². The second-order valence-electron chi connectivity index (χ2n) is 5.54. The Kier molecular flexibility index (Phi) is 4.01. The van der Waals surface area contributed by atoms with Gasteiger partial charge in [-0.1, -0.05) is 43.6 Å². The van der Waals surface area contributed by atoms with E-state index in [2.05, 4.69) is 10.1 Å². The van der Waals surface area contributed by atoms with Crippen LogP contribution in [0.3, 0.4) is 0 Å². The van der Waals surface area contributed by atoms with Crippen LogP contribution in [0.1, 0.15) is 44.1 Å². The SMILES string of the molecule is COc1cccc(Cl)c1C(N)c1noc(C(C)(C)C)n1. The average Bonchev–Trinajstić information content (AvgIpc) is 2.87. The summed E-state index contributed by atoms with van der Waals surface area (Å²) in [6.45, 7) is 5.98. The van der Waals surface area contributed by atoms with Gasteiger partial charge >= 0.3 is 0 Å². The molecule has 2 N–H and O–H groups in total. The molecule has 0 aliphatic carbocycles. The molecule has 0 saturated heterocycles. The zero-order chi connectivity index (χ0) is 14.9. The average molecular weight is 296 g/mol. The maximum absolute atomic E-state index is 6.20. The first-order valence-corrected chi connectivity index (χ1v) is 6.64. The fraction of sp³-hybridized carbons (Fsp3) is 0.429. The third-order valence-corrected chi connectivity index (χ3v) is 3.23. The highest BCUT2D eigenvalue weighted by Crippen LogP contribution is 2.34. The second kappa shape index (κ2) is 5.42. The quantitative estimate of drug-likeness (QED) is 0.942. The first kappa shape index (κ1) is 14.8. The normalized spacial score (nSPS) is 13.3. The van der Waals surface area contributed by atoms with Crippen molar-refractivity contribution in [3.8, 4) is 5.75 Å². The van der Waals surface area contributed by atoms with E-state index in [1.54, 1.807) is 25.3 Å². The minimum absolute atomic E-state index is 0.227. The molecule has 6 heteroatoms. The van der Waals surface area contributed by atoms with Crippen molar-refractivity contribution in [3.05, 3.63) is 40.5 Å². The van der Waals surface area contributed by atoms with Crippen LogP contribution in [0.2, 0.25) is 5.02 Å². The van der Waals surface area contributed by atoms with Crippen molar-refractivity contribution in [2.45, 2.75) is 32.2 Å². The smallest absolute Gasteiger partial charge is 0.232 e. The Hall–Kier alpha value is -1.59. The lowest BCUT2D eigenvalue weighted by atomic mass is 9.97. The summed E-state index contributed by atoms with van der Waals surface area (Å²) in [7, 11) is 1.57. The number of nitrogens with zero attached hydrogens (tertiary/aromatic N) is 2. The number of ether oxygens (including phenoxy) is 1. The Morgan fingerprint density at radius 3 is 2.60 bits per heavy atom. The standard InChI is InChI=1S/C14H18ClN3O2/c1-14(2,3)13-17-12(18-20-13)11(16)10-8(15)6-5-7-9(10)19-4/h5-7,11H,16H2,1-4H3. The van der Waals surface area contributed by atoms with E-state index in [9.17, 15) is 0 Å². The molecule has 1 heterocycles. The highest BCUT2D eigenvalue weighted by atomic mass is 35.5. The highest BCUT2D eigenvalue weighted by Gasteiger charge is 2.26. The van der Waals surface area contributed by atoms with Crippen LogP contribution in [0.25, 0.3) is 0 Å². The second-order valence-corrected chi connectivity index (χ2v) is 5.95. The maximum Gasteiger partial charge on any atom is 0.232 e. The minimum atomic E-state index is -0.599. The monoisotopic (exact) mass is 295 g/mol. The molecule has 1 atom stereocenters. The van der Waals surface area contributed by atoms with E-state index in [1.807, 2.05) is 20.8 Å². The van der Waals surface area contributed by atoms with Crippen LogP contribution in [-0.4, -0.2) is 17.3 Å². The van der Waals surface area contributed by atoms with Crippen molar-refractivity contribution in [2.24, 2.45) is 5.73 Å². The predicted octanol–water partition coefficient (Wildman–Crippen LogP) is 3.08. The predicted molar refractivity (Wildman–Crippen MR) is 77.0 cm³/mol. The Bertz CT molecular complexity index is 605. The van der Waals surface area contributed by atoms with Crippen molar-refractivity contribution in [2.75, 3.05) is 7.11 Å². The number of hydrogen-bond donors (Lipinski definition) is 1. The lowest BCUT2D eigenvalue weighted by molar-refractivity contribution is 0.317. The van der Waals surface area contributed by atoms with Crippen molar-refractivity contribution < 1.29 is 9.26 Å². The number of nitrogens with two attached hydrogens (primary N) is 1. The number of hydrogen-bond acceptors (Lipinski definition) is 5. The molecule has 0 amide bonds. The fourth-order valence-electron chi connectivity index (χ4n) is 1.79. The third-order valence-electron chi connectivity index (χ3n) is 2.91. The van der Waals surface area contributed by atoms with Gasteiger partial charge in [-0.05, 0) is 12.1 Å². The highest BCUT2D eigenvalue weighted by molar-refractivity contribution is 6.31. The molecule has 0 aliphatic heterocycles. The van der Waals surface area contributed by atoms with E-state index in [0.29, 0.717) is 28.1 Å². The molecule has 0 radical (unpaired) electrons. The summed E-state index contributed by atoms with van der Waals surface area (Å²) in [5, 5.41) is 4.46. The Morgan fingerprint density at radius 2 is 2.05 bits per heavy atom. The van der Waals surface area contributed by atoms with Crippen molar-refractivity contribution >= 4 is 11.6 Å². The molecule has 1 aromatic heterocycles. The van der Waals surface area contributed by atoms with Crippen molar-refractivity contribution in [3.63, 3.8) is 0 Å². The summed E-state index contributed by atoms with van der Waals surface area (Å²) in [4.78, 5) is 4.36. The molecule has 5 nitrogen and oxygen atoms in total. The molecule has 0 spiro atoms. The summed E-state index contributed by atoms with van der Waals surface area (Å²) in [6, 6.07) is 4.75. The Balaban J connectivity index is 2.42. The summed E-state index contributed by atoms with van der Waals surface area (Å²) in [5.74, 6) is 1.53. The van der Waals surface area contributed by atoms with Gasteiger partial charge in [0, 0.05) is 16.0 Å². The Labute approximate surface area is 123 Å². The molecule has 2 rings (SSSR count). The van der Waals surface area contributed by atoms with Gasteiger partial charge in [0.25, 0.3) is 0 Å². The van der Waals surface area contributed by atoms with Crippen LogP contribution in [0.15, 0.2) is 22.7 Å². The maximum atomic E-state index is 6.20. The van der Waals surface area contributed by atoms with Crippen LogP contribution in [0, 0.1) is 0 Å². The fourth-order valence-corrected chi connectivity index (χ4v) is 2.08. The van der Waals surface area contributed by atoms with Gasteiger partial charge in [-0.2, -0.15) is 4.98 Å². The molecular weight excluding hydrogens is 278 g/mol. The zero-order valence-electron chi connectivity index (χ0n) is 12.0. The molecule has 0 aliphatic rings. The van der Waals surface area contributed by atoms with E-state index in [-0.39, 0.29) is 5.41 Å². The van der Waals surface area contributed by atoms with Crippen LogP contribution in [-0.2, 0) is 5.41 Å². The summed E-state index contributed by atoms with van der Waals surface area (Å²) < 4.78 is 10.6. The van der Waals surface area contributed by atoms with Gasteiger partial charge in [-0.3, -0.25) is 0 Å². The molecule has 0 bridgehead atoms. The van der Waals surface area contributed by atoms with E-state index < -0.39 is 6.04 Å². The first-order chi connectivity index (χ1) is 9.34. The van der Waals surface area contributed by atoms with E-state index in [0.717, 1.165) is 0 Å². The van der Waals surface area contributed by atoms with Gasteiger partial charge in [0.2, 0.25) is 5.89 Å². The van der Waals surface area contributed by atoms with Crippen molar-refractivity contribution in [1.82, 2.24) is 10.1 Å². The molecule has 0 fully saturated rings. The van der Waals surface area contributed by atoms with Crippen LogP contribution in [0.4, 0.5) is 0 Å². The number of benzene rings is 1. The molecular formula is C14H18ClN3O2. The number of methoxy groups -OCH3 is 1. The van der Waals surface area contributed by atoms with E-state index >= 15 is 0 Å². The van der Waals surface area contributed by atoms with Gasteiger partial charge in [-0.15, -0.1) is 0 Å². The largest absolute Gasteiger partial charge is 0.496 e. The summed E-state index contributed by atoms with van der Waals surface area (Å²) in [5.41, 5.74) is 6.62. The van der Waals surface area contributed by atoms with Gasteiger partial charge in [0.05, 0.1) is 13.2 Å². The minimum Gasteiger partial charge on any atom is -0.496 e. The number of halogens is 1. The van der Waals surface area contributed by atoms with Gasteiger partial charge < -0.3 is 15.0 Å². The van der Waals surface area contributed by atoms with Gasteiger partial charge in [0.15, 0.2) is 5.82 Å². The van der Waals surface area contributed by atoms with Gasteiger partial charge in [-0.25, -0.2) is 0 Å². The zero-order valence-corrected chi connectivity index (χ0v) is 12.7. The summed E-state index contributed by atoms with van der Waals surface area (Å²) >= 11 is 6.20. The van der Waals surface area contributed by atoms with Crippen LogP contribution < -0.4 is 10.5 Å². The molecule has 20 heavy (non-hydrogen) atoms. The lowest BCUT2D eigenvalue weighted by Gasteiger charge is -2.14.